The van der Waals surface area contributed by atoms with Crippen molar-refractivity contribution in [2.24, 2.45) is 0 Å². The maximum atomic E-state index is 6.31. The number of hydrogen-bond acceptors (Lipinski definition) is 5. The summed E-state index contributed by atoms with van der Waals surface area (Å²) < 4.78 is 17.3. The minimum absolute atomic E-state index is 0.0463. The lowest BCUT2D eigenvalue weighted by Crippen LogP contribution is -2.30. The van der Waals surface area contributed by atoms with Crippen molar-refractivity contribution < 1.29 is 14.2 Å². The molecule has 0 spiro atoms. The maximum Gasteiger partial charge on any atom is 0.185 e. The topological polar surface area (TPSA) is 51.8 Å². The fourth-order valence-corrected chi connectivity index (χ4v) is 4.58. The van der Waals surface area contributed by atoms with Gasteiger partial charge < -0.3 is 24.8 Å². The molecule has 5 rings (SSSR count). The van der Waals surface area contributed by atoms with Crippen LogP contribution in [0.4, 0.5) is 11.4 Å². The lowest BCUT2D eigenvalue weighted by Gasteiger charge is -2.27. The van der Waals surface area contributed by atoms with E-state index >= 15 is 0 Å². The number of hydrogen-bond donors (Lipinski definition) is 2. The Labute approximate surface area is 206 Å². The van der Waals surface area contributed by atoms with E-state index in [4.69, 9.17) is 14.2 Å². The van der Waals surface area contributed by atoms with Gasteiger partial charge in [-0.2, -0.15) is 0 Å². The minimum atomic E-state index is 0.0463. The Morgan fingerprint density at radius 2 is 1.54 bits per heavy atom. The molecule has 5 heteroatoms. The Bertz CT molecular complexity index is 1240. The average Bonchev–Trinajstić information content (AvgIpc) is 3.36. The van der Waals surface area contributed by atoms with E-state index in [1.54, 1.807) is 14.2 Å². The standard InChI is InChI=1S/C30H30N2O3/c1-33-25-16-14-24(15-17-25)31-28(22-11-7-4-8-12-22)26-19-23-13-18-27(34-2)30(29(23)32-26)35-20-21-9-5-3-6-10-21/h3-18,26,28,31-32H,19-20H2,1-2H3/t26-,28+/m0/s1. The first-order chi connectivity index (χ1) is 17.2. The van der Waals surface area contributed by atoms with Crippen LogP contribution in [-0.2, 0) is 13.0 Å². The summed E-state index contributed by atoms with van der Waals surface area (Å²) in [6.07, 6.45) is 0.865. The molecule has 0 amide bonds. The van der Waals surface area contributed by atoms with Crippen LogP contribution in [-0.4, -0.2) is 20.3 Å². The van der Waals surface area contributed by atoms with Crippen molar-refractivity contribution in [2.45, 2.75) is 25.1 Å². The highest BCUT2D eigenvalue weighted by molar-refractivity contribution is 5.72. The zero-order valence-corrected chi connectivity index (χ0v) is 20.0. The van der Waals surface area contributed by atoms with Gasteiger partial charge in [0.1, 0.15) is 12.4 Å². The third kappa shape index (κ3) is 5.04. The highest BCUT2D eigenvalue weighted by Gasteiger charge is 2.32. The first kappa shape index (κ1) is 22.7. The molecule has 35 heavy (non-hydrogen) atoms. The SMILES string of the molecule is COc1ccc(N[C@H](c2ccccc2)[C@@H]2Cc3ccc(OC)c(OCc4ccccc4)c3N2)cc1. The van der Waals surface area contributed by atoms with Crippen LogP contribution in [0.25, 0.3) is 0 Å². The molecule has 0 aromatic heterocycles. The molecule has 4 aromatic rings. The number of fused-ring (bicyclic) bond motifs is 1. The second-order valence-corrected chi connectivity index (χ2v) is 8.62. The van der Waals surface area contributed by atoms with E-state index in [-0.39, 0.29) is 12.1 Å². The predicted octanol–water partition coefficient (Wildman–Crippen LogP) is 6.47. The summed E-state index contributed by atoms with van der Waals surface area (Å²) in [6, 6.07) is 33.1. The Morgan fingerprint density at radius 1 is 0.829 bits per heavy atom. The Hall–Kier alpha value is -4.12. The molecule has 0 saturated heterocycles. The van der Waals surface area contributed by atoms with Crippen LogP contribution in [0.1, 0.15) is 22.7 Å². The van der Waals surface area contributed by atoms with Crippen molar-refractivity contribution in [3.8, 4) is 17.2 Å². The van der Waals surface area contributed by atoms with E-state index in [2.05, 4.69) is 53.1 Å². The normalized spacial score (nSPS) is 15.0. The molecule has 0 unspecified atom stereocenters. The molecule has 178 valence electrons. The van der Waals surface area contributed by atoms with Gasteiger partial charge in [0, 0.05) is 5.69 Å². The van der Waals surface area contributed by atoms with Crippen molar-refractivity contribution in [1.29, 1.82) is 0 Å². The zero-order chi connectivity index (χ0) is 24.0. The third-order valence-electron chi connectivity index (χ3n) is 6.40. The van der Waals surface area contributed by atoms with E-state index in [9.17, 15) is 0 Å². The van der Waals surface area contributed by atoms with E-state index in [0.29, 0.717) is 6.61 Å². The van der Waals surface area contributed by atoms with Crippen molar-refractivity contribution in [3.63, 3.8) is 0 Å². The number of rotatable bonds is 9. The third-order valence-corrected chi connectivity index (χ3v) is 6.40. The van der Waals surface area contributed by atoms with Gasteiger partial charge in [-0.1, -0.05) is 66.7 Å². The van der Waals surface area contributed by atoms with Gasteiger partial charge in [-0.15, -0.1) is 0 Å². The monoisotopic (exact) mass is 466 g/mol. The Balaban J connectivity index is 1.42. The summed E-state index contributed by atoms with van der Waals surface area (Å²) >= 11 is 0. The summed E-state index contributed by atoms with van der Waals surface area (Å²) in [5, 5.41) is 7.50. The fourth-order valence-electron chi connectivity index (χ4n) is 4.58. The van der Waals surface area contributed by atoms with Gasteiger partial charge >= 0.3 is 0 Å². The first-order valence-electron chi connectivity index (χ1n) is 11.8. The van der Waals surface area contributed by atoms with Crippen LogP contribution >= 0.6 is 0 Å². The fraction of sp³-hybridized carbons (Fsp3) is 0.200. The first-order valence-corrected chi connectivity index (χ1v) is 11.8. The summed E-state index contributed by atoms with van der Waals surface area (Å²) in [7, 11) is 3.36. The van der Waals surface area contributed by atoms with Crippen LogP contribution < -0.4 is 24.8 Å². The summed E-state index contributed by atoms with van der Waals surface area (Å²) in [4.78, 5) is 0. The summed E-state index contributed by atoms with van der Waals surface area (Å²) in [5.74, 6) is 2.32. The zero-order valence-electron chi connectivity index (χ0n) is 20.0. The molecule has 0 radical (unpaired) electrons. The molecule has 1 aliphatic rings. The molecule has 0 aliphatic carbocycles. The smallest absolute Gasteiger partial charge is 0.185 e. The summed E-state index contributed by atoms with van der Waals surface area (Å²) in [6.45, 7) is 0.478. The van der Waals surface area contributed by atoms with Crippen LogP contribution in [0, 0.1) is 0 Å². The molecule has 1 aliphatic heterocycles. The minimum Gasteiger partial charge on any atom is -0.497 e. The number of methoxy groups -OCH3 is 2. The second-order valence-electron chi connectivity index (χ2n) is 8.62. The van der Waals surface area contributed by atoms with E-state index in [1.165, 1.54) is 11.1 Å². The van der Waals surface area contributed by atoms with Crippen LogP contribution in [0.15, 0.2) is 97.1 Å². The highest BCUT2D eigenvalue weighted by atomic mass is 16.5. The number of benzene rings is 4. The predicted molar refractivity (Wildman–Crippen MR) is 141 cm³/mol. The quantitative estimate of drug-likeness (QED) is 0.296. The van der Waals surface area contributed by atoms with Crippen molar-refractivity contribution in [2.75, 3.05) is 24.9 Å². The molecule has 0 fully saturated rings. The molecular formula is C30H30N2O3. The Morgan fingerprint density at radius 3 is 2.23 bits per heavy atom. The van der Waals surface area contributed by atoms with Gasteiger partial charge in [-0.3, -0.25) is 0 Å². The Kier molecular flexibility index (Phi) is 6.75. The van der Waals surface area contributed by atoms with Gasteiger partial charge in [-0.05, 0) is 53.4 Å². The molecule has 1 heterocycles. The molecule has 2 N–H and O–H groups in total. The van der Waals surface area contributed by atoms with Gasteiger partial charge in [-0.25, -0.2) is 0 Å². The molecule has 5 nitrogen and oxygen atoms in total. The lowest BCUT2D eigenvalue weighted by atomic mass is 9.96. The van der Waals surface area contributed by atoms with E-state index in [1.807, 2.05) is 54.6 Å². The van der Waals surface area contributed by atoms with E-state index in [0.717, 1.165) is 40.6 Å². The maximum absolute atomic E-state index is 6.31. The molecule has 4 aromatic carbocycles. The van der Waals surface area contributed by atoms with Crippen molar-refractivity contribution in [3.05, 3.63) is 114 Å². The molecule has 0 bridgehead atoms. The second kappa shape index (κ2) is 10.4. The van der Waals surface area contributed by atoms with Crippen molar-refractivity contribution in [1.82, 2.24) is 0 Å². The number of nitrogens with one attached hydrogen (secondary N) is 2. The van der Waals surface area contributed by atoms with Crippen molar-refractivity contribution >= 4 is 11.4 Å². The van der Waals surface area contributed by atoms with Gasteiger partial charge in [0.05, 0.1) is 32.0 Å². The molecular weight excluding hydrogens is 436 g/mol. The van der Waals surface area contributed by atoms with Gasteiger partial charge in [0.2, 0.25) is 0 Å². The van der Waals surface area contributed by atoms with E-state index < -0.39 is 0 Å². The molecule has 0 saturated carbocycles. The summed E-state index contributed by atoms with van der Waals surface area (Å²) in [5.41, 5.74) is 5.59. The number of ether oxygens (including phenoxy) is 3. The van der Waals surface area contributed by atoms with Gasteiger partial charge in [0.25, 0.3) is 0 Å². The lowest BCUT2D eigenvalue weighted by molar-refractivity contribution is 0.286. The molecule has 2 atom stereocenters. The van der Waals surface area contributed by atoms with Crippen LogP contribution in [0.5, 0.6) is 17.2 Å². The largest absolute Gasteiger partial charge is 0.497 e. The highest BCUT2D eigenvalue weighted by Crippen LogP contribution is 2.45. The number of anilines is 2. The van der Waals surface area contributed by atoms with Gasteiger partial charge in [0.15, 0.2) is 11.5 Å². The van der Waals surface area contributed by atoms with Crippen LogP contribution in [0.3, 0.4) is 0 Å². The average molecular weight is 467 g/mol. The van der Waals surface area contributed by atoms with Crippen LogP contribution in [0.2, 0.25) is 0 Å².